The predicted octanol–water partition coefficient (Wildman–Crippen LogP) is 1.48. The zero-order valence-corrected chi connectivity index (χ0v) is 8.93. The van der Waals surface area contributed by atoms with Gasteiger partial charge in [0.05, 0.1) is 23.1 Å². The minimum Gasteiger partial charge on any atom is -0.458 e. The number of nitrogens with one attached hydrogen (secondary N) is 1. The molecule has 76 valence electrons. The Morgan fingerprint density at radius 2 is 2.33 bits per heavy atom. The van der Waals surface area contributed by atoms with Crippen molar-refractivity contribution in [3.8, 4) is 0 Å². The summed E-state index contributed by atoms with van der Waals surface area (Å²) < 4.78 is 5.54. The Bertz CT molecular complexity index is 471. The molecule has 0 spiro atoms. The fourth-order valence-corrected chi connectivity index (χ4v) is 1.30. The van der Waals surface area contributed by atoms with E-state index in [9.17, 15) is 4.79 Å². The molecule has 0 aliphatic heterocycles. The number of aromatic nitrogens is 3. The van der Waals surface area contributed by atoms with Gasteiger partial charge in [0.1, 0.15) is 0 Å². The Morgan fingerprint density at radius 1 is 1.47 bits per heavy atom. The van der Waals surface area contributed by atoms with Gasteiger partial charge in [-0.2, -0.15) is 5.10 Å². The Kier molecular flexibility index (Phi) is 2.72. The van der Waals surface area contributed by atoms with Crippen molar-refractivity contribution in [2.24, 2.45) is 0 Å². The largest absolute Gasteiger partial charge is 0.458 e. The summed E-state index contributed by atoms with van der Waals surface area (Å²) in [6, 6.07) is 1.62. The molecular weight excluding hydrogens is 264 g/mol. The lowest BCUT2D eigenvalue weighted by Crippen LogP contribution is -2.14. The van der Waals surface area contributed by atoms with Crippen molar-refractivity contribution in [2.45, 2.75) is 0 Å². The van der Waals surface area contributed by atoms with Crippen LogP contribution in [0.3, 0.4) is 0 Å². The Labute approximate surface area is 92.9 Å². The number of rotatable bonds is 2. The van der Waals surface area contributed by atoms with E-state index in [0.717, 1.165) is 0 Å². The van der Waals surface area contributed by atoms with E-state index in [1.165, 1.54) is 18.7 Å². The van der Waals surface area contributed by atoms with Crippen molar-refractivity contribution in [3.63, 3.8) is 0 Å². The highest BCUT2D eigenvalue weighted by molar-refractivity contribution is 9.10. The quantitative estimate of drug-likeness (QED) is 0.892. The van der Waals surface area contributed by atoms with Crippen molar-refractivity contribution in [1.29, 1.82) is 0 Å². The number of nitrogens with zero attached hydrogens (tertiary/aromatic N) is 3. The zero-order chi connectivity index (χ0) is 10.7. The average Bonchev–Trinajstić information content (AvgIpc) is 2.66. The molecule has 0 fully saturated rings. The lowest BCUT2D eigenvalue weighted by atomic mass is 10.4. The standard InChI is InChI=1S/C8H5BrN4O2/c9-5-1-4-15-6(5)7(14)12-8-10-2-3-11-13-8/h1-4H,(H,10,12,13,14). The summed E-state index contributed by atoms with van der Waals surface area (Å²) in [6.07, 6.45) is 4.25. The molecule has 0 aliphatic carbocycles. The molecule has 0 aromatic carbocycles. The third-order valence-corrected chi connectivity index (χ3v) is 2.16. The lowest BCUT2D eigenvalue weighted by Gasteiger charge is -1.99. The van der Waals surface area contributed by atoms with Crippen LogP contribution in [0.15, 0.2) is 33.6 Å². The molecule has 2 heterocycles. The maximum Gasteiger partial charge on any atom is 0.294 e. The van der Waals surface area contributed by atoms with Crippen LogP contribution in [0, 0.1) is 0 Å². The van der Waals surface area contributed by atoms with Crippen LogP contribution in [0.1, 0.15) is 10.6 Å². The average molecular weight is 269 g/mol. The summed E-state index contributed by atoms with van der Waals surface area (Å²) in [6.45, 7) is 0. The molecule has 0 aliphatic rings. The van der Waals surface area contributed by atoms with Gasteiger partial charge in [-0.1, -0.05) is 0 Å². The smallest absolute Gasteiger partial charge is 0.294 e. The molecule has 1 N–H and O–H groups in total. The van der Waals surface area contributed by atoms with Crippen LogP contribution in [0.2, 0.25) is 0 Å². The fraction of sp³-hybridized carbons (Fsp3) is 0. The van der Waals surface area contributed by atoms with Gasteiger partial charge in [0.2, 0.25) is 11.7 Å². The minimum atomic E-state index is -0.431. The number of amides is 1. The maximum absolute atomic E-state index is 11.6. The SMILES string of the molecule is O=C(Nc1nccnn1)c1occc1Br. The molecule has 0 unspecified atom stereocenters. The van der Waals surface area contributed by atoms with Crippen molar-refractivity contribution >= 4 is 27.8 Å². The molecule has 1 amide bonds. The van der Waals surface area contributed by atoms with E-state index in [4.69, 9.17) is 4.42 Å². The van der Waals surface area contributed by atoms with Gasteiger partial charge < -0.3 is 4.42 Å². The van der Waals surface area contributed by atoms with Gasteiger partial charge in [-0.05, 0) is 22.0 Å². The van der Waals surface area contributed by atoms with E-state index in [0.29, 0.717) is 4.47 Å². The number of carbonyl (C=O) groups is 1. The van der Waals surface area contributed by atoms with Gasteiger partial charge in [-0.15, -0.1) is 5.10 Å². The number of halogens is 1. The highest BCUT2D eigenvalue weighted by Crippen LogP contribution is 2.17. The molecule has 0 bridgehead atoms. The summed E-state index contributed by atoms with van der Waals surface area (Å²) in [5, 5.41) is 9.62. The Balaban J connectivity index is 2.15. The topological polar surface area (TPSA) is 80.9 Å². The first-order valence-corrected chi connectivity index (χ1v) is 4.74. The monoisotopic (exact) mass is 268 g/mol. The van der Waals surface area contributed by atoms with E-state index in [1.807, 2.05) is 0 Å². The second kappa shape index (κ2) is 4.18. The molecule has 0 radical (unpaired) electrons. The predicted molar refractivity (Wildman–Crippen MR) is 54.2 cm³/mol. The molecule has 0 saturated heterocycles. The van der Waals surface area contributed by atoms with E-state index >= 15 is 0 Å². The van der Waals surface area contributed by atoms with Gasteiger partial charge >= 0.3 is 0 Å². The van der Waals surface area contributed by atoms with Gasteiger partial charge in [-0.3, -0.25) is 10.1 Å². The lowest BCUT2D eigenvalue weighted by molar-refractivity contribution is 0.0994. The van der Waals surface area contributed by atoms with Crippen LogP contribution in [0.5, 0.6) is 0 Å². The molecular formula is C8H5BrN4O2. The van der Waals surface area contributed by atoms with E-state index in [1.54, 1.807) is 6.07 Å². The van der Waals surface area contributed by atoms with Crippen LogP contribution >= 0.6 is 15.9 Å². The number of hydrogen-bond donors (Lipinski definition) is 1. The minimum absolute atomic E-state index is 0.130. The third kappa shape index (κ3) is 2.18. The summed E-state index contributed by atoms with van der Waals surface area (Å²) in [5.74, 6) is -0.131. The van der Waals surface area contributed by atoms with Crippen LogP contribution in [-0.4, -0.2) is 21.1 Å². The molecule has 0 saturated carbocycles. The van der Waals surface area contributed by atoms with Crippen molar-refractivity contribution in [2.75, 3.05) is 5.32 Å². The summed E-state index contributed by atoms with van der Waals surface area (Å²) in [5.41, 5.74) is 0. The zero-order valence-electron chi connectivity index (χ0n) is 7.35. The number of anilines is 1. The Hall–Kier alpha value is -1.76. The highest BCUT2D eigenvalue weighted by atomic mass is 79.9. The normalized spacial score (nSPS) is 9.93. The number of furan rings is 1. The summed E-state index contributed by atoms with van der Waals surface area (Å²) >= 11 is 3.17. The number of carbonyl (C=O) groups excluding carboxylic acids is 1. The molecule has 15 heavy (non-hydrogen) atoms. The molecule has 6 nitrogen and oxygen atoms in total. The van der Waals surface area contributed by atoms with Crippen LogP contribution in [0.4, 0.5) is 5.95 Å². The van der Waals surface area contributed by atoms with Crippen LogP contribution < -0.4 is 5.32 Å². The molecule has 7 heteroatoms. The first-order valence-electron chi connectivity index (χ1n) is 3.95. The van der Waals surface area contributed by atoms with Crippen molar-refractivity contribution in [1.82, 2.24) is 15.2 Å². The number of hydrogen-bond acceptors (Lipinski definition) is 5. The molecule has 2 aromatic rings. The summed E-state index contributed by atoms with van der Waals surface area (Å²) in [7, 11) is 0. The molecule has 2 rings (SSSR count). The second-order valence-corrected chi connectivity index (χ2v) is 3.37. The van der Waals surface area contributed by atoms with Gasteiger partial charge in [0, 0.05) is 0 Å². The molecule has 0 atom stereocenters. The fourth-order valence-electron chi connectivity index (χ4n) is 0.919. The van der Waals surface area contributed by atoms with Crippen LogP contribution in [-0.2, 0) is 0 Å². The highest BCUT2D eigenvalue weighted by Gasteiger charge is 2.14. The first kappa shape index (κ1) is 9.78. The van der Waals surface area contributed by atoms with Gasteiger partial charge in [-0.25, -0.2) is 4.98 Å². The van der Waals surface area contributed by atoms with E-state index in [-0.39, 0.29) is 11.7 Å². The van der Waals surface area contributed by atoms with Crippen molar-refractivity contribution in [3.05, 3.63) is 35.0 Å². The third-order valence-electron chi connectivity index (χ3n) is 1.53. The first-order chi connectivity index (χ1) is 7.27. The Morgan fingerprint density at radius 3 is 2.93 bits per heavy atom. The summed E-state index contributed by atoms with van der Waals surface area (Å²) in [4.78, 5) is 15.3. The van der Waals surface area contributed by atoms with E-state index in [2.05, 4.69) is 36.4 Å². The van der Waals surface area contributed by atoms with Gasteiger partial charge in [0.15, 0.2) is 0 Å². The van der Waals surface area contributed by atoms with Gasteiger partial charge in [0.25, 0.3) is 5.91 Å². The molecule has 2 aromatic heterocycles. The maximum atomic E-state index is 11.6. The van der Waals surface area contributed by atoms with Crippen LogP contribution in [0.25, 0.3) is 0 Å². The van der Waals surface area contributed by atoms with Crippen molar-refractivity contribution < 1.29 is 9.21 Å². The second-order valence-electron chi connectivity index (χ2n) is 2.52. The van der Waals surface area contributed by atoms with E-state index < -0.39 is 5.91 Å².